The van der Waals surface area contributed by atoms with Crippen LogP contribution in [0.5, 0.6) is 17.2 Å². The van der Waals surface area contributed by atoms with Crippen LogP contribution >= 0.6 is 0 Å². The minimum atomic E-state index is -0.608. The van der Waals surface area contributed by atoms with Crippen LogP contribution in [0.2, 0.25) is 0 Å². The molecule has 0 aliphatic heterocycles. The Morgan fingerprint density at radius 3 is 1.50 bits per heavy atom. The number of esters is 3. The van der Waals surface area contributed by atoms with Crippen molar-refractivity contribution in [3.63, 3.8) is 0 Å². The number of benzene rings is 4. The molecule has 0 aliphatic rings. The second-order valence-electron chi connectivity index (χ2n) is 8.18. The number of nitrogens with one attached hydrogen (secondary N) is 1. The molecular weight excluding hydrogens is 486 g/mol. The molecule has 0 radical (unpaired) electrons. The number of amides is 1. The fourth-order valence-corrected chi connectivity index (χ4v) is 3.53. The van der Waals surface area contributed by atoms with Gasteiger partial charge in [-0.3, -0.25) is 14.4 Å². The Balaban J connectivity index is 1.38. The van der Waals surface area contributed by atoms with Crippen LogP contribution in [-0.4, -0.2) is 23.8 Å². The first-order valence-corrected chi connectivity index (χ1v) is 11.6. The largest absolute Gasteiger partial charge is 0.427 e. The van der Waals surface area contributed by atoms with Crippen molar-refractivity contribution >= 4 is 29.5 Å². The van der Waals surface area contributed by atoms with Gasteiger partial charge < -0.3 is 19.5 Å². The van der Waals surface area contributed by atoms with Gasteiger partial charge >= 0.3 is 17.9 Å². The van der Waals surface area contributed by atoms with Crippen LogP contribution in [0.1, 0.15) is 34.6 Å². The van der Waals surface area contributed by atoms with Crippen molar-refractivity contribution in [2.24, 2.45) is 0 Å². The SMILES string of the molecule is CC(=O)Oc1ccc(NC(=O)c2cccc(C(=O)Oc3ccc(-c4ccc(OC(C)=O)cc4)cc3)c2)cc1. The van der Waals surface area contributed by atoms with Gasteiger partial charge in [0.2, 0.25) is 0 Å². The van der Waals surface area contributed by atoms with E-state index in [9.17, 15) is 19.2 Å². The van der Waals surface area contributed by atoms with Crippen molar-refractivity contribution in [3.05, 3.63) is 108 Å². The quantitative estimate of drug-likeness (QED) is 0.252. The maximum atomic E-state index is 12.7. The Kier molecular flexibility index (Phi) is 7.93. The van der Waals surface area contributed by atoms with E-state index in [2.05, 4.69) is 5.32 Å². The van der Waals surface area contributed by atoms with E-state index in [1.54, 1.807) is 78.9 Å². The molecule has 0 bridgehead atoms. The predicted octanol–water partition coefficient (Wildman–Crippen LogP) is 5.68. The van der Waals surface area contributed by atoms with Gasteiger partial charge in [0.15, 0.2) is 0 Å². The summed E-state index contributed by atoms with van der Waals surface area (Å²) in [5.74, 6) is -0.674. The van der Waals surface area contributed by atoms with E-state index >= 15 is 0 Å². The Morgan fingerprint density at radius 2 is 1.00 bits per heavy atom. The zero-order valence-corrected chi connectivity index (χ0v) is 20.6. The number of rotatable bonds is 7. The standard InChI is InChI=1S/C30H23NO7/c1-19(32)36-26-12-6-21(7-13-26)22-8-14-28(15-9-22)38-30(35)24-5-3-4-23(18-24)29(34)31-25-10-16-27(17-11-25)37-20(2)33/h3-18H,1-2H3,(H,31,34). The van der Waals surface area contributed by atoms with Crippen LogP contribution in [-0.2, 0) is 9.59 Å². The molecule has 0 aliphatic carbocycles. The van der Waals surface area contributed by atoms with Crippen LogP contribution in [0.3, 0.4) is 0 Å². The van der Waals surface area contributed by atoms with Crippen molar-refractivity contribution in [1.82, 2.24) is 0 Å². The Labute approximate surface area is 218 Å². The summed E-state index contributed by atoms with van der Waals surface area (Å²) in [6.07, 6.45) is 0. The van der Waals surface area contributed by atoms with Crippen LogP contribution in [0.4, 0.5) is 5.69 Å². The average molecular weight is 510 g/mol. The van der Waals surface area contributed by atoms with Crippen LogP contribution in [0, 0.1) is 0 Å². The summed E-state index contributed by atoms with van der Waals surface area (Å²) in [6, 6.07) is 26.5. The molecular formula is C30H23NO7. The molecule has 0 spiro atoms. The summed E-state index contributed by atoms with van der Waals surface area (Å²) in [5.41, 5.74) is 2.78. The van der Waals surface area contributed by atoms with Crippen LogP contribution in [0.15, 0.2) is 97.1 Å². The third kappa shape index (κ3) is 6.92. The summed E-state index contributed by atoms with van der Waals surface area (Å²) in [4.78, 5) is 47.5. The monoisotopic (exact) mass is 509 g/mol. The lowest BCUT2D eigenvalue weighted by Crippen LogP contribution is -2.14. The van der Waals surface area contributed by atoms with E-state index < -0.39 is 17.8 Å². The number of carbonyl (C=O) groups is 4. The van der Waals surface area contributed by atoms with Crippen LogP contribution in [0.25, 0.3) is 11.1 Å². The lowest BCUT2D eigenvalue weighted by Gasteiger charge is -2.09. The van der Waals surface area contributed by atoms with Crippen molar-refractivity contribution in [2.45, 2.75) is 13.8 Å². The van der Waals surface area contributed by atoms with Gasteiger partial charge in [0.1, 0.15) is 17.2 Å². The Morgan fingerprint density at radius 1 is 0.553 bits per heavy atom. The van der Waals surface area contributed by atoms with Crippen molar-refractivity contribution < 1.29 is 33.4 Å². The predicted molar refractivity (Wildman–Crippen MR) is 140 cm³/mol. The minimum absolute atomic E-state index is 0.216. The smallest absolute Gasteiger partial charge is 0.343 e. The van der Waals surface area contributed by atoms with Gasteiger partial charge in [-0.15, -0.1) is 0 Å². The average Bonchev–Trinajstić information content (AvgIpc) is 2.90. The first-order valence-electron chi connectivity index (χ1n) is 11.6. The highest BCUT2D eigenvalue weighted by molar-refractivity contribution is 6.05. The van der Waals surface area contributed by atoms with Gasteiger partial charge in [-0.2, -0.15) is 0 Å². The summed E-state index contributed by atoms with van der Waals surface area (Å²) in [6.45, 7) is 2.64. The number of carbonyl (C=O) groups excluding carboxylic acids is 4. The topological polar surface area (TPSA) is 108 Å². The van der Waals surface area contributed by atoms with E-state index in [-0.39, 0.29) is 17.1 Å². The number of ether oxygens (including phenoxy) is 3. The van der Waals surface area contributed by atoms with E-state index in [1.807, 2.05) is 12.1 Å². The van der Waals surface area contributed by atoms with Gasteiger partial charge in [0.25, 0.3) is 5.91 Å². The number of hydrogen-bond donors (Lipinski definition) is 1. The maximum absolute atomic E-state index is 12.7. The highest BCUT2D eigenvalue weighted by atomic mass is 16.5. The Hall–Kier alpha value is -5.24. The van der Waals surface area contributed by atoms with Crippen molar-refractivity contribution in [2.75, 3.05) is 5.32 Å². The molecule has 1 N–H and O–H groups in total. The van der Waals surface area contributed by atoms with Crippen LogP contribution < -0.4 is 19.5 Å². The van der Waals surface area contributed by atoms with E-state index in [0.717, 1.165) is 11.1 Å². The molecule has 38 heavy (non-hydrogen) atoms. The number of hydrogen-bond acceptors (Lipinski definition) is 7. The highest BCUT2D eigenvalue weighted by Crippen LogP contribution is 2.25. The fourth-order valence-electron chi connectivity index (χ4n) is 3.53. The van der Waals surface area contributed by atoms with E-state index in [0.29, 0.717) is 22.9 Å². The summed E-state index contributed by atoms with van der Waals surface area (Å²) in [7, 11) is 0. The molecule has 0 saturated heterocycles. The normalized spacial score (nSPS) is 10.3. The molecule has 1 amide bonds. The highest BCUT2D eigenvalue weighted by Gasteiger charge is 2.13. The second-order valence-corrected chi connectivity index (χ2v) is 8.18. The summed E-state index contributed by atoms with van der Waals surface area (Å²) < 4.78 is 15.5. The first kappa shape index (κ1) is 25.8. The minimum Gasteiger partial charge on any atom is -0.427 e. The Bertz CT molecular complexity index is 1470. The molecule has 0 unspecified atom stereocenters. The molecule has 0 saturated carbocycles. The lowest BCUT2D eigenvalue weighted by molar-refractivity contribution is -0.132. The third-order valence-corrected chi connectivity index (χ3v) is 5.25. The molecule has 0 fully saturated rings. The molecule has 4 aromatic carbocycles. The fraction of sp³-hybridized carbons (Fsp3) is 0.0667. The second kappa shape index (κ2) is 11.7. The molecule has 8 heteroatoms. The van der Waals surface area contributed by atoms with Crippen molar-refractivity contribution in [3.8, 4) is 28.4 Å². The lowest BCUT2D eigenvalue weighted by atomic mass is 10.1. The van der Waals surface area contributed by atoms with Crippen molar-refractivity contribution in [1.29, 1.82) is 0 Å². The van der Waals surface area contributed by atoms with E-state index in [4.69, 9.17) is 14.2 Å². The van der Waals surface area contributed by atoms with E-state index in [1.165, 1.54) is 19.9 Å². The molecule has 4 aromatic rings. The van der Waals surface area contributed by atoms with Gasteiger partial charge in [0.05, 0.1) is 5.56 Å². The first-order chi connectivity index (χ1) is 18.3. The molecule has 190 valence electrons. The van der Waals surface area contributed by atoms with Gasteiger partial charge in [0, 0.05) is 25.1 Å². The molecule has 0 heterocycles. The maximum Gasteiger partial charge on any atom is 0.343 e. The van der Waals surface area contributed by atoms with Gasteiger partial charge in [-0.1, -0.05) is 30.3 Å². The molecule has 4 rings (SSSR count). The molecule has 8 nitrogen and oxygen atoms in total. The molecule has 0 atom stereocenters. The third-order valence-electron chi connectivity index (χ3n) is 5.25. The zero-order valence-electron chi connectivity index (χ0n) is 20.6. The number of anilines is 1. The van der Waals surface area contributed by atoms with Gasteiger partial charge in [-0.05, 0) is 77.9 Å². The van der Waals surface area contributed by atoms with Gasteiger partial charge in [-0.25, -0.2) is 4.79 Å². The zero-order chi connectivity index (χ0) is 27.1. The molecule has 0 aromatic heterocycles. The summed E-state index contributed by atoms with van der Waals surface area (Å²) >= 11 is 0. The summed E-state index contributed by atoms with van der Waals surface area (Å²) in [5, 5.41) is 2.73.